The molecule has 7 nitrogen and oxygen atoms in total. The van der Waals surface area contributed by atoms with Crippen LogP contribution in [0, 0.1) is 5.92 Å². The molecule has 1 aromatic rings. The molecule has 0 spiro atoms. The monoisotopic (exact) mass is 387 g/mol. The van der Waals surface area contributed by atoms with E-state index in [0.717, 1.165) is 24.3 Å². The summed E-state index contributed by atoms with van der Waals surface area (Å²) in [6, 6.07) is 8.20. The van der Waals surface area contributed by atoms with E-state index in [9.17, 15) is 14.4 Å². The van der Waals surface area contributed by atoms with Crippen LogP contribution < -0.4 is 10.2 Å². The van der Waals surface area contributed by atoms with E-state index in [1.807, 2.05) is 32.9 Å². The van der Waals surface area contributed by atoms with Crippen molar-refractivity contribution >= 4 is 23.6 Å². The first-order valence-electron chi connectivity index (χ1n) is 9.87. The number of piperidine rings is 1. The van der Waals surface area contributed by atoms with Gasteiger partial charge in [0.2, 0.25) is 11.8 Å². The smallest absolute Gasteiger partial charge is 0.410 e. The van der Waals surface area contributed by atoms with Crippen LogP contribution in [0.4, 0.5) is 10.5 Å². The summed E-state index contributed by atoms with van der Waals surface area (Å²) in [4.78, 5) is 39.3. The maximum absolute atomic E-state index is 12.2. The summed E-state index contributed by atoms with van der Waals surface area (Å²) in [5.41, 5.74) is 1.72. The summed E-state index contributed by atoms with van der Waals surface area (Å²) >= 11 is 0. The molecule has 0 radical (unpaired) electrons. The Labute approximate surface area is 166 Å². The molecule has 1 N–H and O–H groups in total. The molecule has 0 bridgehead atoms. The highest BCUT2D eigenvalue weighted by molar-refractivity contribution is 5.98. The quantitative estimate of drug-likeness (QED) is 0.806. The van der Waals surface area contributed by atoms with Gasteiger partial charge in [-0.3, -0.25) is 14.9 Å². The maximum atomic E-state index is 12.2. The molecule has 3 rings (SSSR count). The number of carbonyl (C=O) groups excluding carboxylic acids is 3. The Balaban J connectivity index is 1.51. The number of hydrogen-bond acceptors (Lipinski definition) is 5. The third-order valence-electron chi connectivity index (χ3n) is 5.07. The molecular weight excluding hydrogens is 358 g/mol. The maximum Gasteiger partial charge on any atom is 0.410 e. The lowest BCUT2D eigenvalue weighted by Crippen LogP contribution is -2.50. The highest BCUT2D eigenvalue weighted by Gasteiger charge is 2.27. The summed E-state index contributed by atoms with van der Waals surface area (Å²) in [5.74, 6) is -0.485. The van der Waals surface area contributed by atoms with E-state index in [0.29, 0.717) is 32.4 Å². The minimum Gasteiger partial charge on any atom is -0.444 e. The molecule has 2 heterocycles. The zero-order valence-corrected chi connectivity index (χ0v) is 16.9. The van der Waals surface area contributed by atoms with Gasteiger partial charge in [0.05, 0.1) is 0 Å². The van der Waals surface area contributed by atoms with Gasteiger partial charge >= 0.3 is 6.09 Å². The number of amides is 3. The summed E-state index contributed by atoms with van der Waals surface area (Å²) < 4.78 is 5.44. The second-order valence-corrected chi connectivity index (χ2v) is 8.47. The normalized spacial score (nSPS) is 20.8. The van der Waals surface area contributed by atoms with Crippen molar-refractivity contribution in [1.82, 2.24) is 10.2 Å². The summed E-state index contributed by atoms with van der Waals surface area (Å²) in [5, 5.41) is 2.41. The molecule has 2 fully saturated rings. The highest BCUT2D eigenvalue weighted by atomic mass is 16.6. The zero-order chi connectivity index (χ0) is 20.3. The van der Waals surface area contributed by atoms with Crippen LogP contribution in [0.3, 0.4) is 0 Å². The van der Waals surface area contributed by atoms with Gasteiger partial charge in [-0.15, -0.1) is 0 Å². The van der Waals surface area contributed by atoms with Gasteiger partial charge in [-0.1, -0.05) is 12.1 Å². The van der Waals surface area contributed by atoms with Gasteiger partial charge < -0.3 is 14.5 Å². The van der Waals surface area contributed by atoms with E-state index in [-0.39, 0.29) is 23.8 Å². The molecule has 1 unspecified atom stereocenters. The third kappa shape index (κ3) is 5.24. The Morgan fingerprint density at radius 2 is 1.75 bits per heavy atom. The molecule has 0 aromatic heterocycles. The molecule has 1 atom stereocenters. The van der Waals surface area contributed by atoms with Crippen LogP contribution in [-0.2, 0) is 20.7 Å². The molecule has 0 aliphatic carbocycles. The molecule has 3 amide bonds. The molecule has 2 aliphatic rings. The minimum absolute atomic E-state index is 0.138. The first-order chi connectivity index (χ1) is 13.2. The molecule has 2 aliphatic heterocycles. The average molecular weight is 387 g/mol. The van der Waals surface area contributed by atoms with Crippen LogP contribution in [0.2, 0.25) is 0 Å². The summed E-state index contributed by atoms with van der Waals surface area (Å²) in [6.45, 7) is 8.39. The SMILES string of the molecule is CC(C)(C)OC(=O)N1CCN(c2ccc(CC3CCC(=O)NC3=O)cc2)CC1. The molecule has 152 valence electrons. The summed E-state index contributed by atoms with van der Waals surface area (Å²) in [6.07, 6.45) is 1.41. The summed E-state index contributed by atoms with van der Waals surface area (Å²) in [7, 11) is 0. The fourth-order valence-corrected chi connectivity index (χ4v) is 3.53. The zero-order valence-electron chi connectivity index (χ0n) is 16.9. The minimum atomic E-state index is -0.480. The number of anilines is 1. The topological polar surface area (TPSA) is 79.0 Å². The second kappa shape index (κ2) is 8.20. The number of imide groups is 1. The van der Waals surface area contributed by atoms with E-state index in [1.165, 1.54) is 0 Å². The molecule has 7 heteroatoms. The molecule has 28 heavy (non-hydrogen) atoms. The van der Waals surface area contributed by atoms with Crippen molar-refractivity contribution < 1.29 is 19.1 Å². The van der Waals surface area contributed by atoms with Crippen LogP contribution in [0.25, 0.3) is 0 Å². The largest absolute Gasteiger partial charge is 0.444 e. The first kappa shape index (κ1) is 20.2. The lowest BCUT2D eigenvalue weighted by Gasteiger charge is -2.36. The second-order valence-electron chi connectivity index (χ2n) is 8.47. The van der Waals surface area contributed by atoms with Crippen LogP contribution >= 0.6 is 0 Å². The van der Waals surface area contributed by atoms with Crippen molar-refractivity contribution in [3.05, 3.63) is 29.8 Å². The molecule has 2 saturated heterocycles. The van der Waals surface area contributed by atoms with Crippen molar-refractivity contribution in [2.24, 2.45) is 5.92 Å². The number of ether oxygens (including phenoxy) is 1. The Morgan fingerprint density at radius 1 is 1.11 bits per heavy atom. The number of nitrogens with zero attached hydrogens (tertiary/aromatic N) is 2. The predicted molar refractivity (Wildman–Crippen MR) is 106 cm³/mol. The number of piperazine rings is 1. The number of carbonyl (C=O) groups is 3. The van der Waals surface area contributed by atoms with Gasteiger partial charge in [-0.25, -0.2) is 4.79 Å². The molecule has 0 saturated carbocycles. The predicted octanol–water partition coefficient (Wildman–Crippen LogP) is 2.34. The van der Waals surface area contributed by atoms with Gasteiger partial charge in [0.1, 0.15) is 5.60 Å². The molecule has 1 aromatic carbocycles. The van der Waals surface area contributed by atoms with Crippen molar-refractivity contribution in [1.29, 1.82) is 0 Å². The van der Waals surface area contributed by atoms with Gasteiger partial charge in [0.25, 0.3) is 0 Å². The van der Waals surface area contributed by atoms with Gasteiger partial charge in [0, 0.05) is 44.2 Å². The van der Waals surface area contributed by atoms with Crippen LogP contribution in [-0.4, -0.2) is 54.6 Å². The lowest BCUT2D eigenvalue weighted by atomic mass is 9.91. The van der Waals surface area contributed by atoms with E-state index in [2.05, 4.69) is 22.3 Å². The number of benzene rings is 1. The van der Waals surface area contributed by atoms with Gasteiger partial charge in [0.15, 0.2) is 0 Å². The Morgan fingerprint density at radius 3 is 2.32 bits per heavy atom. The van der Waals surface area contributed by atoms with Gasteiger partial charge in [-0.2, -0.15) is 0 Å². The number of rotatable bonds is 3. The van der Waals surface area contributed by atoms with E-state index in [1.54, 1.807) is 4.90 Å². The first-order valence-corrected chi connectivity index (χ1v) is 9.87. The highest BCUT2D eigenvalue weighted by Crippen LogP contribution is 2.22. The number of hydrogen-bond donors (Lipinski definition) is 1. The van der Waals surface area contributed by atoms with Crippen molar-refractivity contribution in [3.63, 3.8) is 0 Å². The Bertz CT molecular complexity index is 731. The lowest BCUT2D eigenvalue weighted by molar-refractivity contribution is -0.136. The fraction of sp³-hybridized carbons (Fsp3) is 0.571. The van der Waals surface area contributed by atoms with Crippen molar-refractivity contribution in [2.45, 2.75) is 45.6 Å². The van der Waals surface area contributed by atoms with E-state index >= 15 is 0 Å². The Hall–Kier alpha value is -2.57. The average Bonchev–Trinajstić information content (AvgIpc) is 2.63. The van der Waals surface area contributed by atoms with Crippen LogP contribution in [0.15, 0.2) is 24.3 Å². The van der Waals surface area contributed by atoms with Gasteiger partial charge in [-0.05, 0) is 51.3 Å². The number of nitrogens with one attached hydrogen (secondary N) is 1. The fourth-order valence-electron chi connectivity index (χ4n) is 3.53. The van der Waals surface area contributed by atoms with Crippen molar-refractivity contribution in [3.8, 4) is 0 Å². The van der Waals surface area contributed by atoms with Crippen molar-refractivity contribution in [2.75, 3.05) is 31.1 Å². The van der Waals surface area contributed by atoms with E-state index in [4.69, 9.17) is 4.74 Å². The standard InChI is InChI=1S/C21H29N3O4/c1-21(2,3)28-20(27)24-12-10-23(11-13-24)17-7-4-15(5-8-17)14-16-6-9-18(25)22-19(16)26/h4-5,7-8,16H,6,9-14H2,1-3H3,(H,22,25,26). The van der Waals surface area contributed by atoms with Crippen LogP contribution in [0.1, 0.15) is 39.2 Å². The van der Waals surface area contributed by atoms with Crippen LogP contribution in [0.5, 0.6) is 0 Å². The Kier molecular flexibility index (Phi) is 5.91. The third-order valence-corrected chi connectivity index (χ3v) is 5.07. The van der Waals surface area contributed by atoms with E-state index < -0.39 is 5.60 Å². The molecular formula is C21H29N3O4.